The van der Waals surface area contributed by atoms with Crippen LogP contribution in [0.1, 0.15) is 46.5 Å². The third kappa shape index (κ3) is 8.99. The van der Waals surface area contributed by atoms with Crippen LogP contribution in [0.3, 0.4) is 0 Å². The zero-order valence-electron chi connectivity index (χ0n) is 18.2. The Kier molecular flexibility index (Phi) is 9.71. The second-order valence-electron chi connectivity index (χ2n) is 7.72. The average molecular weight is 412 g/mol. The van der Waals surface area contributed by atoms with Gasteiger partial charge >= 0.3 is 0 Å². The largest absolute Gasteiger partial charge is 0.493 e. The van der Waals surface area contributed by atoms with Gasteiger partial charge in [0.05, 0.1) is 13.2 Å². The molecule has 0 saturated carbocycles. The molecule has 0 aliphatic heterocycles. The topological polar surface area (TPSA) is 79.5 Å². The zero-order chi connectivity index (χ0) is 21.8. The summed E-state index contributed by atoms with van der Waals surface area (Å²) in [4.78, 5) is 24.2. The SMILES string of the molecule is CCCCCC(=O)Nc1cccc(NCC(=O)Nc2ccc(OCC(C)C)cc2)c1. The minimum absolute atomic E-state index is 0.0131. The summed E-state index contributed by atoms with van der Waals surface area (Å²) in [7, 11) is 0. The van der Waals surface area contributed by atoms with Crippen LogP contribution in [0.4, 0.5) is 17.1 Å². The van der Waals surface area contributed by atoms with Gasteiger partial charge < -0.3 is 20.7 Å². The highest BCUT2D eigenvalue weighted by atomic mass is 16.5. The molecule has 0 spiro atoms. The van der Waals surface area contributed by atoms with Crippen molar-refractivity contribution < 1.29 is 14.3 Å². The predicted molar refractivity (Wildman–Crippen MR) is 123 cm³/mol. The highest BCUT2D eigenvalue weighted by molar-refractivity contribution is 5.94. The molecule has 162 valence electrons. The Hall–Kier alpha value is -3.02. The quantitative estimate of drug-likeness (QED) is 0.415. The van der Waals surface area contributed by atoms with Crippen molar-refractivity contribution >= 4 is 28.9 Å². The smallest absolute Gasteiger partial charge is 0.243 e. The van der Waals surface area contributed by atoms with Crippen LogP contribution in [0, 0.1) is 5.92 Å². The Morgan fingerprint density at radius 1 is 0.900 bits per heavy atom. The number of amides is 2. The molecular formula is C24H33N3O3. The normalized spacial score (nSPS) is 10.5. The van der Waals surface area contributed by atoms with Gasteiger partial charge in [-0.3, -0.25) is 9.59 Å². The maximum Gasteiger partial charge on any atom is 0.243 e. The molecule has 0 unspecified atom stereocenters. The van der Waals surface area contributed by atoms with E-state index < -0.39 is 0 Å². The molecule has 0 bridgehead atoms. The Balaban J connectivity index is 1.78. The number of anilines is 3. The lowest BCUT2D eigenvalue weighted by Gasteiger charge is -2.11. The van der Waals surface area contributed by atoms with E-state index in [1.807, 2.05) is 48.5 Å². The second-order valence-corrected chi connectivity index (χ2v) is 7.72. The molecule has 3 N–H and O–H groups in total. The third-order valence-corrected chi connectivity index (χ3v) is 4.33. The lowest BCUT2D eigenvalue weighted by molar-refractivity contribution is -0.116. The van der Waals surface area contributed by atoms with Crippen LogP contribution in [0.5, 0.6) is 5.75 Å². The first kappa shape index (κ1) is 23.3. The van der Waals surface area contributed by atoms with E-state index in [2.05, 4.69) is 36.7 Å². The number of hydrogen-bond donors (Lipinski definition) is 3. The standard InChI is InChI=1S/C24H33N3O3/c1-4-5-6-10-23(28)27-21-9-7-8-20(15-21)25-16-24(29)26-19-11-13-22(14-12-19)30-17-18(2)3/h7-9,11-15,18,25H,4-6,10,16-17H2,1-3H3,(H,26,29)(H,27,28). The molecule has 2 aromatic carbocycles. The summed E-state index contributed by atoms with van der Waals surface area (Å²) in [5, 5.41) is 8.84. The Morgan fingerprint density at radius 2 is 1.60 bits per heavy atom. The van der Waals surface area contributed by atoms with Gasteiger partial charge in [-0.15, -0.1) is 0 Å². The highest BCUT2D eigenvalue weighted by Crippen LogP contribution is 2.17. The molecule has 0 fully saturated rings. The summed E-state index contributed by atoms with van der Waals surface area (Å²) in [6.07, 6.45) is 3.56. The monoisotopic (exact) mass is 411 g/mol. The maximum absolute atomic E-state index is 12.2. The van der Waals surface area contributed by atoms with Crippen LogP contribution in [0.25, 0.3) is 0 Å². The van der Waals surface area contributed by atoms with Gasteiger partial charge in [0, 0.05) is 23.5 Å². The number of ether oxygens (including phenoxy) is 1. The molecule has 30 heavy (non-hydrogen) atoms. The number of carbonyl (C=O) groups is 2. The molecule has 6 heteroatoms. The van der Waals surface area contributed by atoms with Gasteiger partial charge in [-0.1, -0.05) is 39.7 Å². The van der Waals surface area contributed by atoms with Crippen molar-refractivity contribution in [3.63, 3.8) is 0 Å². The number of nitrogens with one attached hydrogen (secondary N) is 3. The van der Waals surface area contributed by atoms with E-state index in [4.69, 9.17) is 4.74 Å². The van der Waals surface area contributed by atoms with E-state index in [1.165, 1.54) is 0 Å². The first-order valence-electron chi connectivity index (χ1n) is 10.6. The van der Waals surface area contributed by atoms with Gasteiger partial charge in [0.1, 0.15) is 5.75 Å². The zero-order valence-corrected chi connectivity index (χ0v) is 18.2. The lowest BCUT2D eigenvalue weighted by Crippen LogP contribution is -2.21. The van der Waals surface area contributed by atoms with Crippen LogP contribution in [0.15, 0.2) is 48.5 Å². The fourth-order valence-corrected chi connectivity index (χ4v) is 2.75. The fourth-order valence-electron chi connectivity index (χ4n) is 2.75. The molecule has 0 aliphatic rings. The molecule has 6 nitrogen and oxygen atoms in total. The Morgan fingerprint density at radius 3 is 2.30 bits per heavy atom. The van der Waals surface area contributed by atoms with Gasteiger partial charge in [0.15, 0.2) is 0 Å². The molecule has 2 aromatic rings. The molecule has 0 radical (unpaired) electrons. The van der Waals surface area contributed by atoms with E-state index in [0.717, 1.165) is 36.4 Å². The summed E-state index contributed by atoms with van der Waals surface area (Å²) in [6, 6.07) is 14.7. The van der Waals surface area contributed by atoms with Crippen molar-refractivity contribution in [3.05, 3.63) is 48.5 Å². The van der Waals surface area contributed by atoms with Crippen LogP contribution in [-0.4, -0.2) is 25.0 Å². The second kappa shape index (κ2) is 12.5. The van der Waals surface area contributed by atoms with Crippen molar-refractivity contribution in [2.75, 3.05) is 29.1 Å². The summed E-state index contributed by atoms with van der Waals surface area (Å²) < 4.78 is 5.64. The number of unbranched alkanes of at least 4 members (excludes halogenated alkanes) is 2. The summed E-state index contributed by atoms with van der Waals surface area (Å²) >= 11 is 0. The van der Waals surface area contributed by atoms with Crippen molar-refractivity contribution in [2.45, 2.75) is 46.5 Å². The molecule has 0 aliphatic carbocycles. The van der Waals surface area contributed by atoms with E-state index in [1.54, 1.807) is 0 Å². The van der Waals surface area contributed by atoms with Crippen molar-refractivity contribution in [3.8, 4) is 5.75 Å². The summed E-state index contributed by atoms with van der Waals surface area (Å²) in [5.74, 6) is 1.11. The van der Waals surface area contributed by atoms with Gasteiger partial charge in [-0.05, 0) is 54.8 Å². The summed E-state index contributed by atoms with van der Waals surface area (Å²) in [6.45, 7) is 7.09. The average Bonchev–Trinajstić information content (AvgIpc) is 2.72. The van der Waals surface area contributed by atoms with E-state index in [9.17, 15) is 9.59 Å². The number of hydrogen-bond acceptors (Lipinski definition) is 4. The molecular weight excluding hydrogens is 378 g/mol. The van der Waals surface area contributed by atoms with Crippen molar-refractivity contribution in [2.24, 2.45) is 5.92 Å². The van der Waals surface area contributed by atoms with E-state index in [-0.39, 0.29) is 18.4 Å². The lowest BCUT2D eigenvalue weighted by atomic mass is 10.2. The predicted octanol–water partition coefficient (Wildman–Crippen LogP) is 5.29. The first-order valence-corrected chi connectivity index (χ1v) is 10.6. The van der Waals surface area contributed by atoms with Crippen LogP contribution in [-0.2, 0) is 9.59 Å². The van der Waals surface area contributed by atoms with Gasteiger partial charge in [0.2, 0.25) is 11.8 Å². The summed E-state index contributed by atoms with van der Waals surface area (Å²) in [5.41, 5.74) is 2.21. The van der Waals surface area contributed by atoms with Gasteiger partial charge in [-0.2, -0.15) is 0 Å². The van der Waals surface area contributed by atoms with Crippen molar-refractivity contribution in [1.82, 2.24) is 0 Å². The Labute approximate surface area is 179 Å². The van der Waals surface area contributed by atoms with Crippen LogP contribution in [0.2, 0.25) is 0 Å². The highest BCUT2D eigenvalue weighted by Gasteiger charge is 2.06. The minimum atomic E-state index is -0.153. The molecule has 2 amide bonds. The minimum Gasteiger partial charge on any atom is -0.493 e. The van der Waals surface area contributed by atoms with Gasteiger partial charge in [-0.25, -0.2) is 0 Å². The van der Waals surface area contributed by atoms with Crippen LogP contribution < -0.4 is 20.7 Å². The maximum atomic E-state index is 12.2. The molecule has 0 heterocycles. The number of rotatable bonds is 12. The first-order chi connectivity index (χ1) is 14.5. The van der Waals surface area contributed by atoms with Crippen LogP contribution >= 0.6 is 0 Å². The van der Waals surface area contributed by atoms with Crippen molar-refractivity contribution in [1.29, 1.82) is 0 Å². The fraction of sp³-hybridized carbons (Fsp3) is 0.417. The van der Waals surface area contributed by atoms with E-state index >= 15 is 0 Å². The molecule has 0 aromatic heterocycles. The Bertz CT molecular complexity index is 804. The third-order valence-electron chi connectivity index (χ3n) is 4.33. The van der Waals surface area contributed by atoms with E-state index in [0.29, 0.717) is 24.6 Å². The molecule has 0 atom stereocenters. The molecule has 0 saturated heterocycles. The van der Waals surface area contributed by atoms with Gasteiger partial charge in [0.25, 0.3) is 0 Å². The number of benzene rings is 2. The number of carbonyl (C=O) groups excluding carboxylic acids is 2. The molecule has 2 rings (SSSR count).